The van der Waals surface area contributed by atoms with Crippen LogP contribution >= 0.6 is 0 Å². The Labute approximate surface area is 399 Å². The lowest BCUT2D eigenvalue weighted by Gasteiger charge is -2.60. The van der Waals surface area contributed by atoms with Crippen LogP contribution in [0.3, 0.4) is 0 Å². The number of hydrogen-bond acceptors (Lipinski definition) is 16. The molecule has 5 atom stereocenters. The first kappa shape index (κ1) is 47.0. The Balaban J connectivity index is 1.10. The summed E-state index contributed by atoms with van der Waals surface area (Å²) in [5, 5.41) is 49.8. The number of benzene rings is 4. The smallest absolute Gasteiger partial charge is 0.412 e. The summed E-state index contributed by atoms with van der Waals surface area (Å²) in [6, 6.07) is 11.0. The minimum atomic E-state index is -0.818. The molecule has 364 valence electrons. The second kappa shape index (κ2) is 19.1. The molecule has 18 nitrogen and oxygen atoms in total. The number of rotatable bonds is 13. The van der Waals surface area contributed by atoms with Crippen molar-refractivity contribution in [2.24, 2.45) is 0 Å². The molecule has 5 heterocycles. The van der Waals surface area contributed by atoms with E-state index in [2.05, 4.69) is 26.5 Å². The third-order valence-electron chi connectivity index (χ3n) is 14.2. The standard InChI is InChI=1S/C51H57N5O13/c1-25-45(62-4)31-22-34-43-42-32(46(63-5)26(2)48(65-7)49(42)69-51(61)53-15-12-27-8-10-37(57)38(58)18-27)21-33(55(43)3)35(23-52)56(34)36(41(31)44(59)47(25)64-6)24-54-50(60)40-20-28-19-30(9-11-39(28)68-40)67-29-13-16-66-17-14-29/h8-11,18-20,29,33-36,43,57-59H,12-17,21-22,24H2,1-7H3,(H,53,61)(H,54,60)/t33-,34-,35-,36-,43-/m0/s1. The average molecular weight is 948 g/mol. The average Bonchev–Trinajstić information content (AvgIpc) is 3.77. The first-order valence-corrected chi connectivity index (χ1v) is 23.0. The van der Waals surface area contributed by atoms with Crippen molar-refractivity contribution in [3.8, 4) is 57.8 Å². The Morgan fingerprint density at radius 1 is 0.812 bits per heavy atom. The number of aromatic hydroxyl groups is 3. The van der Waals surface area contributed by atoms with Gasteiger partial charge in [-0.2, -0.15) is 5.26 Å². The second-order valence-electron chi connectivity index (χ2n) is 17.9. The number of nitriles is 1. The lowest BCUT2D eigenvalue weighted by atomic mass is 9.71. The molecule has 0 aliphatic carbocycles. The van der Waals surface area contributed by atoms with Crippen LogP contribution in [0.2, 0.25) is 0 Å². The predicted molar refractivity (Wildman–Crippen MR) is 250 cm³/mol. The first-order chi connectivity index (χ1) is 33.3. The normalized spacial score (nSPS) is 21.0. The van der Waals surface area contributed by atoms with Gasteiger partial charge in [-0.1, -0.05) is 6.07 Å². The fourth-order valence-corrected chi connectivity index (χ4v) is 11.1. The number of amides is 2. The van der Waals surface area contributed by atoms with E-state index in [1.165, 1.54) is 26.4 Å². The SMILES string of the molecule is COc1c(C)c(OC)c2c(c1O)[C@H](CNC(=O)c1cc3cc(OC4CCOCC4)ccc3o1)N1[C@@H](C#N)[C@@H]3Cc4c(OC)c(C)c(OC)c(OC(=O)NCCc5ccc(O)c(O)c5)c4[C@H]([C@@H]1C2)N3C. The maximum Gasteiger partial charge on any atom is 0.412 e. The zero-order valence-corrected chi connectivity index (χ0v) is 39.6. The molecule has 0 unspecified atom stereocenters. The number of piperazine rings is 1. The summed E-state index contributed by atoms with van der Waals surface area (Å²) >= 11 is 0. The van der Waals surface area contributed by atoms with E-state index < -0.39 is 42.2 Å². The molecule has 9 rings (SSSR count). The van der Waals surface area contributed by atoms with E-state index in [1.54, 1.807) is 39.3 Å². The number of carbonyl (C=O) groups is 2. The molecule has 0 spiro atoms. The van der Waals surface area contributed by atoms with Crippen molar-refractivity contribution in [3.63, 3.8) is 0 Å². The number of phenols is 3. The van der Waals surface area contributed by atoms with Crippen molar-refractivity contribution in [2.45, 2.75) is 82.3 Å². The molecule has 2 saturated heterocycles. The molecule has 69 heavy (non-hydrogen) atoms. The predicted octanol–water partition coefficient (Wildman–Crippen LogP) is 6.29. The number of hydrogen-bond donors (Lipinski definition) is 5. The number of ether oxygens (including phenoxy) is 7. The quantitative estimate of drug-likeness (QED) is 0.0818. The van der Waals surface area contributed by atoms with Gasteiger partial charge in [-0.05, 0) is 82.1 Å². The van der Waals surface area contributed by atoms with Gasteiger partial charge >= 0.3 is 6.09 Å². The number of phenolic OH excluding ortho intramolecular Hbond substituents is 3. The van der Waals surface area contributed by atoms with E-state index in [1.807, 2.05) is 26.1 Å². The highest BCUT2D eigenvalue weighted by atomic mass is 16.6. The lowest BCUT2D eigenvalue weighted by Crippen LogP contribution is -2.68. The van der Waals surface area contributed by atoms with E-state index in [0.717, 1.165) is 18.4 Å². The summed E-state index contributed by atoms with van der Waals surface area (Å²) in [5.74, 6) is 1.28. The van der Waals surface area contributed by atoms with Crippen molar-refractivity contribution in [2.75, 3.05) is 61.8 Å². The Hall–Kier alpha value is -7.07. The fourth-order valence-electron chi connectivity index (χ4n) is 11.1. The Morgan fingerprint density at radius 3 is 2.17 bits per heavy atom. The number of fused-ring (bicyclic) bond motifs is 8. The number of methoxy groups -OCH3 is 4. The van der Waals surface area contributed by atoms with Gasteiger partial charge in [0.2, 0.25) is 0 Å². The third kappa shape index (κ3) is 8.27. The van der Waals surface area contributed by atoms with Gasteiger partial charge in [-0.25, -0.2) is 4.79 Å². The zero-order valence-electron chi connectivity index (χ0n) is 39.6. The van der Waals surface area contributed by atoms with Crippen molar-refractivity contribution >= 4 is 23.0 Å². The van der Waals surface area contributed by atoms with E-state index in [4.69, 9.17) is 37.6 Å². The fraction of sp³-hybridized carbons (Fsp3) is 0.431. The molecule has 0 radical (unpaired) electrons. The van der Waals surface area contributed by atoms with Crippen LogP contribution in [0.25, 0.3) is 11.0 Å². The molecule has 5 N–H and O–H groups in total. The summed E-state index contributed by atoms with van der Waals surface area (Å²) in [5.41, 5.74) is 4.86. The van der Waals surface area contributed by atoms with E-state index in [9.17, 15) is 30.2 Å². The highest BCUT2D eigenvalue weighted by Gasteiger charge is 2.57. The van der Waals surface area contributed by atoms with Crippen LogP contribution in [0.1, 0.15) is 74.4 Å². The van der Waals surface area contributed by atoms with Gasteiger partial charge in [0.05, 0.1) is 59.8 Å². The molecule has 5 aromatic rings. The molecule has 4 aromatic carbocycles. The maximum atomic E-state index is 14.2. The van der Waals surface area contributed by atoms with Gasteiger partial charge in [-0.3, -0.25) is 14.6 Å². The van der Waals surface area contributed by atoms with E-state index >= 15 is 0 Å². The Morgan fingerprint density at radius 2 is 1.49 bits per heavy atom. The number of carbonyl (C=O) groups excluding carboxylic acids is 2. The largest absolute Gasteiger partial charge is 0.504 e. The van der Waals surface area contributed by atoms with Crippen molar-refractivity contribution in [3.05, 3.63) is 87.2 Å². The number of likely N-dealkylation sites (N-methyl/N-ethyl adjacent to an activating group) is 1. The Kier molecular flexibility index (Phi) is 13.0. The van der Waals surface area contributed by atoms with Crippen LogP contribution in [-0.4, -0.2) is 123 Å². The van der Waals surface area contributed by atoms with Crippen LogP contribution in [-0.2, 0) is 24.0 Å². The van der Waals surface area contributed by atoms with Gasteiger partial charge in [-0.15, -0.1) is 0 Å². The lowest BCUT2D eigenvalue weighted by molar-refractivity contribution is -0.0723. The molecule has 0 saturated carbocycles. The topological polar surface area (TPSA) is 227 Å². The third-order valence-corrected chi connectivity index (χ3v) is 14.2. The highest BCUT2D eigenvalue weighted by molar-refractivity contribution is 5.96. The maximum absolute atomic E-state index is 14.2. The van der Waals surface area contributed by atoms with Crippen molar-refractivity contribution < 1.29 is 62.5 Å². The molecular weight excluding hydrogens is 891 g/mol. The molecule has 2 amide bonds. The summed E-state index contributed by atoms with van der Waals surface area (Å²) in [6.45, 7) is 4.97. The molecule has 2 bridgehead atoms. The van der Waals surface area contributed by atoms with Gasteiger partial charge in [0.15, 0.2) is 40.3 Å². The van der Waals surface area contributed by atoms with Gasteiger partial charge in [0, 0.05) is 76.8 Å². The zero-order chi connectivity index (χ0) is 48.8. The molecular formula is C51H57N5O13. The number of nitrogens with one attached hydrogen (secondary N) is 2. The highest BCUT2D eigenvalue weighted by Crippen LogP contribution is 2.59. The molecule has 4 aliphatic heterocycles. The van der Waals surface area contributed by atoms with E-state index in [-0.39, 0.29) is 65.9 Å². The van der Waals surface area contributed by atoms with Crippen LogP contribution in [0.4, 0.5) is 4.79 Å². The summed E-state index contributed by atoms with van der Waals surface area (Å²) in [6.07, 6.45) is 1.74. The van der Waals surface area contributed by atoms with Crippen LogP contribution in [0, 0.1) is 25.2 Å². The minimum Gasteiger partial charge on any atom is -0.504 e. The Bertz CT molecular complexity index is 2850. The summed E-state index contributed by atoms with van der Waals surface area (Å²) in [7, 11) is 8.02. The van der Waals surface area contributed by atoms with Gasteiger partial charge in [0.1, 0.15) is 35.0 Å². The summed E-state index contributed by atoms with van der Waals surface area (Å²) in [4.78, 5) is 32.3. The van der Waals surface area contributed by atoms with Crippen LogP contribution in [0.5, 0.6) is 51.7 Å². The molecule has 2 fully saturated rings. The molecule has 1 aromatic heterocycles. The van der Waals surface area contributed by atoms with Crippen molar-refractivity contribution in [1.29, 1.82) is 5.26 Å². The number of nitrogens with zero attached hydrogens (tertiary/aromatic N) is 3. The van der Waals surface area contributed by atoms with Crippen molar-refractivity contribution in [1.82, 2.24) is 20.4 Å². The minimum absolute atomic E-state index is 0.0305. The number of furan rings is 1. The first-order valence-electron chi connectivity index (χ1n) is 23.0. The monoisotopic (exact) mass is 947 g/mol. The van der Waals surface area contributed by atoms with Crippen LogP contribution < -0.4 is 39.1 Å². The van der Waals surface area contributed by atoms with Gasteiger partial charge < -0.3 is 63.5 Å². The van der Waals surface area contributed by atoms with Gasteiger partial charge in [0.25, 0.3) is 5.91 Å². The summed E-state index contributed by atoms with van der Waals surface area (Å²) < 4.78 is 48.1. The molecule has 18 heteroatoms. The van der Waals surface area contributed by atoms with Crippen LogP contribution in [0.15, 0.2) is 46.9 Å². The van der Waals surface area contributed by atoms with E-state index in [0.29, 0.717) is 87.7 Å². The molecule has 4 aliphatic rings. The second-order valence-corrected chi connectivity index (χ2v) is 17.9.